The van der Waals surface area contributed by atoms with Gasteiger partial charge in [0.2, 0.25) is 0 Å². The second kappa shape index (κ2) is 3.61. The van der Waals surface area contributed by atoms with E-state index in [4.69, 9.17) is 0 Å². The summed E-state index contributed by atoms with van der Waals surface area (Å²) in [5.74, 6) is -0.304. The van der Waals surface area contributed by atoms with Crippen molar-refractivity contribution in [2.24, 2.45) is 0 Å². The lowest BCUT2D eigenvalue weighted by Crippen LogP contribution is -2.16. The monoisotopic (exact) mass is 103 g/mol. The highest BCUT2D eigenvalue weighted by atomic mass is 16.7. The molecule has 7 heavy (non-hydrogen) atoms. The van der Waals surface area contributed by atoms with E-state index in [0.717, 1.165) is 0 Å². The molecule has 0 aromatic heterocycles. The fraction of sp³-hybridized carbons (Fsp3) is 0.750. The smallest absolute Gasteiger partial charge is 0.321 e. The molecule has 0 aliphatic carbocycles. The largest absolute Gasteiger partial charge is 0.371 e. The first-order valence-electron chi connectivity index (χ1n) is 2.17. The lowest BCUT2D eigenvalue weighted by atomic mass is 10.8. The van der Waals surface area contributed by atoms with Gasteiger partial charge in [0, 0.05) is 13.5 Å². The minimum atomic E-state index is -0.304. The van der Waals surface area contributed by atoms with Crippen LogP contribution in [0, 0.1) is 0 Å². The number of carbonyl (C=O) groups is 1. The first-order chi connectivity index (χ1) is 3.27. The zero-order chi connectivity index (χ0) is 5.70. The van der Waals surface area contributed by atoms with Gasteiger partial charge in [-0.05, 0) is 6.92 Å². The Balaban J connectivity index is 2.82. The maximum absolute atomic E-state index is 9.92. The Kier molecular flexibility index (Phi) is 3.32. The maximum atomic E-state index is 9.92. The summed E-state index contributed by atoms with van der Waals surface area (Å²) >= 11 is 0. The molecule has 0 bridgehead atoms. The summed E-state index contributed by atoms with van der Waals surface area (Å²) in [7, 11) is 0. The Morgan fingerprint density at radius 2 is 2.43 bits per heavy atom. The Labute approximate surface area is 42.6 Å². The molecule has 3 nitrogen and oxygen atoms in total. The van der Waals surface area contributed by atoms with Crippen LogP contribution in [0.4, 0.5) is 0 Å². The number of hydroxylamine groups is 1. The number of nitrogens with one attached hydrogen (secondary N) is 1. The number of hydrogen-bond donors (Lipinski definition) is 1. The van der Waals surface area contributed by atoms with Crippen LogP contribution < -0.4 is 5.48 Å². The molecule has 1 N–H and O–H groups in total. The van der Waals surface area contributed by atoms with Gasteiger partial charge in [0.1, 0.15) is 0 Å². The summed E-state index contributed by atoms with van der Waals surface area (Å²) < 4.78 is 0. The third kappa shape index (κ3) is 5.43. The van der Waals surface area contributed by atoms with E-state index < -0.39 is 0 Å². The lowest BCUT2D eigenvalue weighted by Gasteiger charge is -1.95. The molecule has 0 aliphatic heterocycles. The predicted molar refractivity (Wildman–Crippen MR) is 25.4 cm³/mol. The van der Waals surface area contributed by atoms with Gasteiger partial charge in [0.05, 0.1) is 0 Å². The molecule has 0 saturated carbocycles. The van der Waals surface area contributed by atoms with Gasteiger partial charge in [-0.1, -0.05) is 0 Å². The molecule has 0 amide bonds. The summed E-state index contributed by atoms with van der Waals surface area (Å²) in [6, 6.07) is 0. The van der Waals surface area contributed by atoms with E-state index in [0.29, 0.717) is 6.54 Å². The van der Waals surface area contributed by atoms with Gasteiger partial charge in [-0.2, -0.15) is 5.48 Å². The van der Waals surface area contributed by atoms with Crippen molar-refractivity contribution in [2.45, 2.75) is 13.8 Å². The van der Waals surface area contributed by atoms with E-state index in [9.17, 15) is 4.79 Å². The Hall–Kier alpha value is -0.570. The maximum Gasteiger partial charge on any atom is 0.321 e. The summed E-state index contributed by atoms with van der Waals surface area (Å²) in [6.07, 6.45) is 0. The minimum absolute atomic E-state index is 0.304. The average Bonchev–Trinajstić information content (AvgIpc) is 1.61. The molecule has 0 unspecified atom stereocenters. The molecule has 0 aliphatic rings. The highest BCUT2D eigenvalue weighted by molar-refractivity contribution is 5.65. The van der Waals surface area contributed by atoms with Crippen molar-refractivity contribution in [1.82, 2.24) is 5.48 Å². The first kappa shape index (κ1) is 6.43. The summed E-state index contributed by atoms with van der Waals surface area (Å²) in [4.78, 5) is 14.2. The standard InChI is InChI=1S/C4H9NO2/c1-3-5-7-4(2)6/h5H,3H2,1-2H3. The molecule has 0 radical (unpaired) electrons. The molecular formula is C4H9NO2. The third-order valence-corrected chi connectivity index (χ3v) is 0.360. The highest BCUT2D eigenvalue weighted by Gasteiger charge is 1.84. The van der Waals surface area contributed by atoms with Gasteiger partial charge in [-0.3, -0.25) is 4.79 Å². The van der Waals surface area contributed by atoms with Crippen LogP contribution in [0.25, 0.3) is 0 Å². The van der Waals surface area contributed by atoms with Crippen molar-refractivity contribution in [1.29, 1.82) is 0 Å². The van der Waals surface area contributed by atoms with Gasteiger partial charge in [0.15, 0.2) is 0 Å². The molecular weight excluding hydrogens is 94.0 g/mol. The van der Waals surface area contributed by atoms with E-state index in [-0.39, 0.29) is 5.97 Å². The van der Waals surface area contributed by atoms with Crippen LogP contribution in [0.1, 0.15) is 13.8 Å². The topological polar surface area (TPSA) is 38.3 Å². The van der Waals surface area contributed by atoms with Gasteiger partial charge in [-0.15, -0.1) is 0 Å². The van der Waals surface area contributed by atoms with Crippen molar-refractivity contribution < 1.29 is 9.63 Å². The van der Waals surface area contributed by atoms with E-state index in [1.807, 2.05) is 6.92 Å². The molecule has 0 aromatic rings. The molecule has 0 fully saturated rings. The normalized spacial score (nSPS) is 8.29. The first-order valence-corrected chi connectivity index (χ1v) is 2.17. The van der Waals surface area contributed by atoms with Crippen LogP contribution in [-0.4, -0.2) is 12.5 Å². The van der Waals surface area contributed by atoms with Crippen molar-refractivity contribution in [3.8, 4) is 0 Å². The molecule has 0 rings (SSSR count). The van der Waals surface area contributed by atoms with Gasteiger partial charge < -0.3 is 4.84 Å². The van der Waals surface area contributed by atoms with E-state index in [2.05, 4.69) is 10.3 Å². The van der Waals surface area contributed by atoms with Crippen LogP contribution >= 0.6 is 0 Å². The Bertz CT molecular complexity index is 62.7. The van der Waals surface area contributed by atoms with Crippen molar-refractivity contribution >= 4 is 5.97 Å². The van der Waals surface area contributed by atoms with Crippen molar-refractivity contribution in [3.05, 3.63) is 0 Å². The second-order valence-corrected chi connectivity index (χ2v) is 1.09. The Morgan fingerprint density at radius 1 is 1.86 bits per heavy atom. The molecule has 3 heteroatoms. The molecule has 0 atom stereocenters. The van der Waals surface area contributed by atoms with Gasteiger partial charge in [-0.25, -0.2) is 0 Å². The van der Waals surface area contributed by atoms with Crippen LogP contribution in [-0.2, 0) is 9.63 Å². The van der Waals surface area contributed by atoms with Crippen molar-refractivity contribution in [3.63, 3.8) is 0 Å². The number of rotatable bonds is 2. The molecule has 0 heterocycles. The van der Waals surface area contributed by atoms with Crippen LogP contribution in [0.3, 0.4) is 0 Å². The van der Waals surface area contributed by atoms with Gasteiger partial charge >= 0.3 is 5.97 Å². The zero-order valence-corrected chi connectivity index (χ0v) is 4.52. The SMILES string of the molecule is CCNOC(C)=O. The van der Waals surface area contributed by atoms with E-state index in [1.165, 1.54) is 6.92 Å². The van der Waals surface area contributed by atoms with Gasteiger partial charge in [0.25, 0.3) is 0 Å². The van der Waals surface area contributed by atoms with Crippen LogP contribution in [0.2, 0.25) is 0 Å². The second-order valence-electron chi connectivity index (χ2n) is 1.09. The zero-order valence-electron chi connectivity index (χ0n) is 4.52. The van der Waals surface area contributed by atoms with E-state index >= 15 is 0 Å². The molecule has 0 aromatic carbocycles. The highest BCUT2D eigenvalue weighted by Crippen LogP contribution is 1.64. The fourth-order valence-corrected chi connectivity index (χ4v) is 0.174. The van der Waals surface area contributed by atoms with E-state index in [1.54, 1.807) is 0 Å². The van der Waals surface area contributed by atoms with Crippen LogP contribution in [0.5, 0.6) is 0 Å². The molecule has 0 saturated heterocycles. The molecule has 0 spiro atoms. The summed E-state index contributed by atoms with van der Waals surface area (Å²) in [5, 5.41) is 0. The predicted octanol–water partition coefficient (Wildman–Crippen LogP) is 0.0740. The number of carbonyl (C=O) groups excluding carboxylic acids is 1. The quantitative estimate of drug-likeness (QED) is 0.503. The summed E-state index contributed by atoms with van der Waals surface area (Å²) in [6.45, 7) is 3.85. The van der Waals surface area contributed by atoms with Crippen LogP contribution in [0.15, 0.2) is 0 Å². The summed E-state index contributed by atoms with van der Waals surface area (Å²) in [5.41, 5.74) is 2.40. The Morgan fingerprint density at radius 3 is 2.57 bits per heavy atom. The fourth-order valence-electron chi connectivity index (χ4n) is 0.174. The number of hydrogen-bond acceptors (Lipinski definition) is 3. The van der Waals surface area contributed by atoms with Crippen molar-refractivity contribution in [2.75, 3.05) is 6.54 Å². The average molecular weight is 103 g/mol. The third-order valence-electron chi connectivity index (χ3n) is 0.360. The molecule has 42 valence electrons. The minimum Gasteiger partial charge on any atom is -0.371 e. The lowest BCUT2D eigenvalue weighted by molar-refractivity contribution is -0.148.